The Morgan fingerprint density at radius 2 is 1.96 bits per heavy atom. The molecule has 2 N–H and O–H groups in total. The number of carbonyl (C=O) groups is 1. The van der Waals surface area contributed by atoms with Gasteiger partial charge in [0, 0.05) is 11.4 Å². The van der Waals surface area contributed by atoms with Crippen molar-refractivity contribution >= 4 is 23.3 Å². The van der Waals surface area contributed by atoms with Crippen LogP contribution in [0.15, 0.2) is 46.8 Å². The topological polar surface area (TPSA) is 62.7 Å². The van der Waals surface area contributed by atoms with Gasteiger partial charge in [0.15, 0.2) is 5.96 Å². The predicted octanol–water partition coefficient (Wildman–Crippen LogP) is 3.18. The van der Waals surface area contributed by atoms with Crippen molar-refractivity contribution in [2.45, 2.75) is 26.9 Å². The number of esters is 1. The summed E-state index contributed by atoms with van der Waals surface area (Å²) in [6, 6.07) is 11.5. The third-order valence-electron chi connectivity index (χ3n) is 3.24. The van der Waals surface area contributed by atoms with Gasteiger partial charge in [-0.05, 0) is 43.0 Å². The molecule has 0 atom stereocenters. The minimum Gasteiger partial charge on any atom is -0.462 e. The quantitative estimate of drug-likeness (QED) is 0.460. The van der Waals surface area contributed by atoms with E-state index in [0.717, 1.165) is 24.6 Å². The van der Waals surface area contributed by atoms with Crippen molar-refractivity contribution in [3.63, 3.8) is 0 Å². The molecule has 1 aromatic heterocycles. The van der Waals surface area contributed by atoms with Gasteiger partial charge in [-0.3, -0.25) is 0 Å². The average molecular weight is 345 g/mol. The molecule has 0 spiro atoms. The summed E-state index contributed by atoms with van der Waals surface area (Å²) in [6.07, 6.45) is 0. The van der Waals surface area contributed by atoms with Crippen LogP contribution < -0.4 is 10.6 Å². The zero-order valence-corrected chi connectivity index (χ0v) is 14.9. The van der Waals surface area contributed by atoms with Gasteiger partial charge in [-0.15, -0.1) is 11.3 Å². The Labute approximate surface area is 146 Å². The molecule has 0 aliphatic heterocycles. The van der Waals surface area contributed by atoms with Crippen LogP contribution in [0.2, 0.25) is 0 Å². The molecule has 0 saturated heterocycles. The van der Waals surface area contributed by atoms with Crippen molar-refractivity contribution in [1.29, 1.82) is 0 Å². The number of thiophene rings is 1. The van der Waals surface area contributed by atoms with Crippen LogP contribution in [0.3, 0.4) is 0 Å². The Kier molecular flexibility index (Phi) is 7.29. The van der Waals surface area contributed by atoms with Gasteiger partial charge in [-0.1, -0.05) is 18.2 Å². The third kappa shape index (κ3) is 5.70. The van der Waals surface area contributed by atoms with E-state index in [1.807, 2.05) is 25.1 Å². The highest BCUT2D eigenvalue weighted by atomic mass is 32.1. The zero-order chi connectivity index (χ0) is 17.2. The first kappa shape index (κ1) is 18.0. The second kappa shape index (κ2) is 9.72. The van der Waals surface area contributed by atoms with Crippen molar-refractivity contribution in [1.82, 2.24) is 10.6 Å². The molecule has 0 unspecified atom stereocenters. The van der Waals surface area contributed by atoms with Crippen molar-refractivity contribution in [2.75, 3.05) is 13.2 Å². The van der Waals surface area contributed by atoms with E-state index >= 15 is 0 Å². The summed E-state index contributed by atoms with van der Waals surface area (Å²) < 4.78 is 4.98. The lowest BCUT2D eigenvalue weighted by Crippen LogP contribution is -2.36. The first-order valence-corrected chi connectivity index (χ1v) is 8.91. The number of hydrogen-bond donors (Lipinski definition) is 2. The number of rotatable bonds is 7. The van der Waals surface area contributed by atoms with Crippen LogP contribution in [-0.2, 0) is 17.8 Å². The van der Waals surface area contributed by atoms with E-state index in [-0.39, 0.29) is 5.97 Å². The maximum absolute atomic E-state index is 11.6. The van der Waals surface area contributed by atoms with Gasteiger partial charge in [-0.2, -0.15) is 0 Å². The molecule has 0 amide bonds. The highest BCUT2D eigenvalue weighted by Gasteiger charge is 2.05. The van der Waals surface area contributed by atoms with E-state index in [2.05, 4.69) is 27.1 Å². The molecule has 0 bridgehead atoms. The van der Waals surface area contributed by atoms with E-state index in [1.54, 1.807) is 30.4 Å². The van der Waals surface area contributed by atoms with Crippen molar-refractivity contribution in [2.24, 2.45) is 4.99 Å². The molecule has 0 aliphatic carbocycles. The first-order valence-electron chi connectivity index (χ1n) is 8.03. The van der Waals surface area contributed by atoms with Crippen LogP contribution >= 0.6 is 11.3 Å². The number of benzene rings is 1. The molecule has 0 saturated carbocycles. The van der Waals surface area contributed by atoms with Crippen LogP contribution in [0, 0.1) is 0 Å². The molecule has 0 radical (unpaired) electrons. The second-order valence-electron chi connectivity index (χ2n) is 5.05. The first-order chi connectivity index (χ1) is 11.7. The summed E-state index contributed by atoms with van der Waals surface area (Å²) in [5, 5.41) is 8.61. The van der Waals surface area contributed by atoms with Crippen molar-refractivity contribution in [3.8, 4) is 0 Å². The predicted molar refractivity (Wildman–Crippen MR) is 98.4 cm³/mol. The number of nitrogens with zero attached hydrogens (tertiary/aromatic N) is 1. The summed E-state index contributed by atoms with van der Waals surface area (Å²) in [4.78, 5) is 17.5. The van der Waals surface area contributed by atoms with Crippen molar-refractivity contribution in [3.05, 3.63) is 57.8 Å². The van der Waals surface area contributed by atoms with E-state index in [0.29, 0.717) is 18.7 Å². The smallest absolute Gasteiger partial charge is 0.338 e. The molecule has 6 heteroatoms. The molecule has 1 aromatic carbocycles. The SMILES string of the molecule is CCNC(=NCc1ccc(C(=O)OCC)cc1)NCc1cccs1. The molecule has 0 aliphatic rings. The number of carbonyl (C=O) groups excluding carboxylic acids is 1. The monoisotopic (exact) mass is 345 g/mol. The van der Waals surface area contributed by atoms with Gasteiger partial charge in [0.25, 0.3) is 0 Å². The lowest BCUT2D eigenvalue weighted by molar-refractivity contribution is 0.0526. The van der Waals surface area contributed by atoms with E-state index in [4.69, 9.17) is 4.74 Å². The average Bonchev–Trinajstić information content (AvgIpc) is 3.11. The summed E-state index contributed by atoms with van der Waals surface area (Å²) in [7, 11) is 0. The van der Waals surface area contributed by atoms with Gasteiger partial charge in [0.2, 0.25) is 0 Å². The molecule has 2 rings (SSSR count). The Hall–Kier alpha value is -2.34. The molecular weight excluding hydrogens is 322 g/mol. The van der Waals surface area contributed by atoms with Gasteiger partial charge in [0.05, 0.1) is 25.3 Å². The molecule has 2 aromatic rings. The number of ether oxygens (including phenoxy) is 1. The lowest BCUT2D eigenvalue weighted by atomic mass is 10.1. The van der Waals surface area contributed by atoms with Gasteiger partial charge in [0.1, 0.15) is 0 Å². The van der Waals surface area contributed by atoms with E-state index in [1.165, 1.54) is 4.88 Å². The summed E-state index contributed by atoms with van der Waals surface area (Å²) >= 11 is 1.72. The summed E-state index contributed by atoms with van der Waals surface area (Å²) in [6.45, 7) is 6.32. The fourth-order valence-electron chi connectivity index (χ4n) is 2.06. The van der Waals surface area contributed by atoms with Gasteiger partial charge < -0.3 is 15.4 Å². The molecule has 5 nitrogen and oxygen atoms in total. The Balaban J connectivity index is 1.93. The summed E-state index contributed by atoms with van der Waals surface area (Å²) in [5.41, 5.74) is 1.60. The Morgan fingerprint density at radius 3 is 2.58 bits per heavy atom. The highest BCUT2D eigenvalue weighted by molar-refractivity contribution is 7.09. The van der Waals surface area contributed by atoms with E-state index in [9.17, 15) is 4.79 Å². The number of nitrogens with one attached hydrogen (secondary N) is 2. The number of guanidine groups is 1. The second-order valence-corrected chi connectivity index (χ2v) is 6.08. The summed E-state index contributed by atoms with van der Waals surface area (Å²) in [5.74, 6) is 0.485. The standard InChI is InChI=1S/C18H23N3O2S/c1-3-19-18(21-13-16-6-5-11-24-16)20-12-14-7-9-15(10-8-14)17(22)23-4-2/h5-11H,3-4,12-13H2,1-2H3,(H2,19,20,21). The molecule has 0 fully saturated rings. The molecule has 24 heavy (non-hydrogen) atoms. The normalized spacial score (nSPS) is 11.2. The van der Waals surface area contributed by atoms with Crippen LogP contribution in [0.5, 0.6) is 0 Å². The van der Waals surface area contributed by atoms with Crippen LogP contribution in [0.4, 0.5) is 0 Å². The minimum absolute atomic E-state index is 0.293. The highest BCUT2D eigenvalue weighted by Crippen LogP contribution is 2.08. The van der Waals surface area contributed by atoms with Gasteiger partial charge >= 0.3 is 5.97 Å². The fraction of sp³-hybridized carbons (Fsp3) is 0.333. The fourth-order valence-corrected chi connectivity index (χ4v) is 2.70. The van der Waals surface area contributed by atoms with Crippen molar-refractivity contribution < 1.29 is 9.53 Å². The maximum Gasteiger partial charge on any atom is 0.338 e. The number of hydrogen-bond acceptors (Lipinski definition) is 4. The maximum atomic E-state index is 11.6. The largest absolute Gasteiger partial charge is 0.462 e. The molecule has 128 valence electrons. The Morgan fingerprint density at radius 1 is 1.17 bits per heavy atom. The van der Waals surface area contributed by atoms with Crippen LogP contribution in [-0.4, -0.2) is 25.1 Å². The lowest BCUT2D eigenvalue weighted by Gasteiger charge is -2.10. The molecule has 1 heterocycles. The Bertz CT molecular complexity index is 651. The number of aliphatic imine (C=N–C) groups is 1. The zero-order valence-electron chi connectivity index (χ0n) is 14.0. The van der Waals surface area contributed by atoms with Gasteiger partial charge in [-0.25, -0.2) is 9.79 Å². The molecular formula is C18H23N3O2S. The minimum atomic E-state index is -0.293. The van der Waals surface area contributed by atoms with E-state index < -0.39 is 0 Å². The van der Waals surface area contributed by atoms with Crippen LogP contribution in [0.25, 0.3) is 0 Å². The van der Waals surface area contributed by atoms with Crippen LogP contribution in [0.1, 0.15) is 34.6 Å². The third-order valence-corrected chi connectivity index (χ3v) is 4.12.